The highest BCUT2D eigenvalue weighted by molar-refractivity contribution is 9.10. The van der Waals surface area contributed by atoms with Crippen LogP contribution in [0.2, 0.25) is 0 Å². The number of halogens is 1. The largest absolute Gasteiger partial charge is 0.488 e. The highest BCUT2D eigenvalue weighted by atomic mass is 79.9. The van der Waals surface area contributed by atoms with E-state index < -0.39 is 7.12 Å². The lowest BCUT2D eigenvalue weighted by Gasteiger charge is -2.12. The molecule has 0 fully saturated rings. The molecule has 0 saturated heterocycles. The van der Waals surface area contributed by atoms with Crippen LogP contribution in [0.3, 0.4) is 0 Å². The average molecular weight is 1190 g/mol. The van der Waals surface area contributed by atoms with E-state index >= 15 is 0 Å². The van der Waals surface area contributed by atoms with Gasteiger partial charge in [-0.2, -0.15) is 0 Å². The molecule has 0 aliphatic heterocycles. The van der Waals surface area contributed by atoms with Gasteiger partial charge in [0.25, 0.3) is 0 Å². The lowest BCUT2D eigenvalue weighted by atomic mass is 9.79. The van der Waals surface area contributed by atoms with Crippen molar-refractivity contribution in [3.05, 3.63) is 296 Å². The standard InChI is InChI=1S/C40H24N2.C22H15BO2.C18H11BrN2/c1-2-10-33-32(9-1)35-12-4-11-34-31(20-21-36(33)38(34)35)30-7-3-6-29(24-30)25-13-15-26(16-14-25)37-22-19-28-18-17-27-8-5-23-41-39(27)40(28)42-37;24-23(25)15-6-3-5-14(13-15)16-11-12-21-18-8-2-1-7-17(18)20-10-4-9-19(16)22(20)21;19-15-8-5-12(6-9-15)16-10-7-14-4-3-13-2-1-11-20-17(13)18(14)21-16/h1-24H;1-13,24-25H;1-11H. The van der Waals surface area contributed by atoms with Crippen molar-refractivity contribution in [2.24, 2.45) is 0 Å². The first kappa shape index (κ1) is 52.8. The topological polar surface area (TPSA) is 92.0 Å². The summed E-state index contributed by atoms with van der Waals surface area (Å²) in [5.74, 6) is 0. The summed E-state index contributed by atoms with van der Waals surface area (Å²) in [5.41, 5.74) is 25.8. The molecule has 0 radical (unpaired) electrons. The Morgan fingerprint density at radius 1 is 0.273 bits per heavy atom. The van der Waals surface area contributed by atoms with Crippen LogP contribution in [0.5, 0.6) is 0 Å². The summed E-state index contributed by atoms with van der Waals surface area (Å²) in [4.78, 5) is 19.0. The van der Waals surface area contributed by atoms with Gasteiger partial charge in [-0.25, -0.2) is 9.97 Å². The number of aromatic nitrogens is 4. The maximum atomic E-state index is 9.48. The smallest absolute Gasteiger partial charge is 0.423 e. The van der Waals surface area contributed by atoms with Crippen molar-refractivity contribution in [2.45, 2.75) is 0 Å². The van der Waals surface area contributed by atoms with E-state index in [1.165, 1.54) is 88.3 Å². The summed E-state index contributed by atoms with van der Waals surface area (Å²) >= 11 is 3.46. The van der Waals surface area contributed by atoms with E-state index in [4.69, 9.17) is 9.97 Å². The van der Waals surface area contributed by atoms with Crippen LogP contribution in [0, 0.1) is 0 Å². The summed E-state index contributed by atoms with van der Waals surface area (Å²) in [6, 6.07) is 97.4. The van der Waals surface area contributed by atoms with Crippen LogP contribution < -0.4 is 5.46 Å². The van der Waals surface area contributed by atoms with Crippen LogP contribution in [0.15, 0.2) is 296 Å². The number of hydrogen-bond acceptors (Lipinski definition) is 6. The Morgan fingerprint density at radius 2 is 0.659 bits per heavy atom. The molecule has 412 valence electrons. The van der Waals surface area contributed by atoms with E-state index in [0.717, 1.165) is 81.7 Å². The third kappa shape index (κ3) is 9.30. The second-order valence-corrected chi connectivity index (χ2v) is 23.3. The highest BCUT2D eigenvalue weighted by Gasteiger charge is 2.24. The molecule has 4 aromatic heterocycles. The molecule has 4 heterocycles. The SMILES string of the molecule is Brc1ccc(-c2ccc3ccc4cccnc4c3n2)cc1.OB(O)c1cccc(-c2ccc3c4c(cccc24)-c2ccccc2-3)c1.c1cc(-c2ccc(-c3ccc4ccc5cccnc5c4n3)cc2)cc(-c2ccc3c4c(cccc24)-c2ccccc2-3)c1. The van der Waals surface area contributed by atoms with Gasteiger partial charge in [-0.15, -0.1) is 0 Å². The molecule has 0 atom stereocenters. The van der Waals surface area contributed by atoms with Gasteiger partial charge in [0.05, 0.1) is 33.5 Å². The van der Waals surface area contributed by atoms with E-state index in [-0.39, 0.29) is 0 Å². The Kier molecular flexibility index (Phi) is 13.2. The second kappa shape index (κ2) is 22.0. The zero-order chi connectivity index (χ0) is 58.8. The molecule has 8 heteroatoms. The zero-order valence-corrected chi connectivity index (χ0v) is 48.9. The average Bonchev–Trinajstić information content (AvgIpc) is 2.61. The molecule has 16 aromatic rings. The first-order valence-corrected chi connectivity index (χ1v) is 30.2. The minimum atomic E-state index is -1.46. The van der Waals surface area contributed by atoms with Crippen LogP contribution in [-0.2, 0) is 0 Å². The van der Waals surface area contributed by atoms with Crippen LogP contribution in [0.1, 0.15) is 0 Å². The molecular formula is C80H50BBrN4O2. The lowest BCUT2D eigenvalue weighted by molar-refractivity contribution is 0.426. The molecule has 2 aliphatic carbocycles. The van der Waals surface area contributed by atoms with E-state index in [0.29, 0.717) is 5.46 Å². The minimum absolute atomic E-state index is 0.504. The third-order valence-corrected chi connectivity index (χ3v) is 17.8. The monoisotopic (exact) mass is 1190 g/mol. The van der Waals surface area contributed by atoms with Crippen LogP contribution in [0.25, 0.3) is 166 Å². The Hall–Kier alpha value is -10.7. The van der Waals surface area contributed by atoms with Gasteiger partial charge in [-0.1, -0.05) is 253 Å². The van der Waals surface area contributed by atoms with E-state index in [9.17, 15) is 10.0 Å². The van der Waals surface area contributed by atoms with Crippen molar-refractivity contribution in [2.75, 3.05) is 0 Å². The van der Waals surface area contributed by atoms with Crippen molar-refractivity contribution in [1.29, 1.82) is 0 Å². The molecule has 18 rings (SSSR count). The maximum Gasteiger partial charge on any atom is 0.488 e. The Morgan fingerprint density at radius 3 is 1.16 bits per heavy atom. The predicted octanol–water partition coefficient (Wildman–Crippen LogP) is 19.6. The van der Waals surface area contributed by atoms with Crippen molar-refractivity contribution in [1.82, 2.24) is 19.9 Å². The van der Waals surface area contributed by atoms with Gasteiger partial charge in [-0.05, 0) is 147 Å². The third-order valence-electron chi connectivity index (χ3n) is 17.3. The van der Waals surface area contributed by atoms with Gasteiger partial charge in [0, 0.05) is 49.5 Å². The number of nitrogens with zero attached hydrogens (tertiary/aromatic N) is 4. The van der Waals surface area contributed by atoms with Gasteiger partial charge < -0.3 is 10.0 Å². The van der Waals surface area contributed by atoms with E-state index in [2.05, 4.69) is 256 Å². The van der Waals surface area contributed by atoms with Gasteiger partial charge in [-0.3, -0.25) is 9.97 Å². The fourth-order valence-electron chi connectivity index (χ4n) is 13.1. The Bertz CT molecular complexity index is 5400. The van der Waals surface area contributed by atoms with Gasteiger partial charge in [0.15, 0.2) is 0 Å². The summed E-state index contributed by atoms with van der Waals surface area (Å²) in [6.45, 7) is 0. The number of pyridine rings is 4. The fourth-order valence-corrected chi connectivity index (χ4v) is 13.3. The molecule has 88 heavy (non-hydrogen) atoms. The molecule has 6 nitrogen and oxygen atoms in total. The zero-order valence-electron chi connectivity index (χ0n) is 47.4. The van der Waals surface area contributed by atoms with Gasteiger partial charge in [0.2, 0.25) is 0 Å². The van der Waals surface area contributed by atoms with E-state index in [1.807, 2.05) is 54.9 Å². The van der Waals surface area contributed by atoms with Gasteiger partial charge in [0.1, 0.15) is 0 Å². The molecule has 0 unspecified atom stereocenters. The summed E-state index contributed by atoms with van der Waals surface area (Å²) in [7, 11) is -1.46. The molecule has 0 spiro atoms. The Labute approximate surface area is 516 Å². The van der Waals surface area contributed by atoms with Crippen LogP contribution in [-0.4, -0.2) is 37.1 Å². The molecule has 2 aliphatic rings. The number of benzene rings is 12. The molecule has 12 aromatic carbocycles. The first-order chi connectivity index (χ1) is 43.4. The second-order valence-electron chi connectivity index (χ2n) is 22.4. The molecule has 0 bridgehead atoms. The normalized spacial score (nSPS) is 11.6. The fraction of sp³-hybridized carbons (Fsp3) is 0. The predicted molar refractivity (Wildman–Crippen MR) is 369 cm³/mol. The van der Waals surface area contributed by atoms with Crippen molar-refractivity contribution >= 4 is 93.7 Å². The molecular weight excluding hydrogens is 1140 g/mol. The van der Waals surface area contributed by atoms with Crippen LogP contribution >= 0.6 is 15.9 Å². The van der Waals surface area contributed by atoms with E-state index in [1.54, 1.807) is 6.07 Å². The van der Waals surface area contributed by atoms with Crippen molar-refractivity contribution in [3.63, 3.8) is 0 Å². The quantitative estimate of drug-likeness (QED) is 0.127. The summed E-state index contributed by atoms with van der Waals surface area (Å²) in [5, 5.41) is 28.5. The lowest BCUT2D eigenvalue weighted by Crippen LogP contribution is -2.29. The molecule has 0 saturated carbocycles. The summed E-state index contributed by atoms with van der Waals surface area (Å²) < 4.78 is 1.07. The van der Waals surface area contributed by atoms with Gasteiger partial charge >= 0.3 is 7.12 Å². The molecule has 2 N–H and O–H groups in total. The molecule has 0 amide bonds. The Balaban J connectivity index is 0.000000115. The highest BCUT2D eigenvalue weighted by Crippen LogP contribution is 2.51. The van der Waals surface area contributed by atoms with Crippen molar-refractivity contribution in [3.8, 4) is 100 Å². The first-order valence-electron chi connectivity index (χ1n) is 29.4. The van der Waals surface area contributed by atoms with Crippen LogP contribution in [0.4, 0.5) is 0 Å². The van der Waals surface area contributed by atoms with Crippen molar-refractivity contribution < 1.29 is 10.0 Å². The number of rotatable bonds is 6. The summed E-state index contributed by atoms with van der Waals surface area (Å²) in [6.07, 6.45) is 3.65. The number of hydrogen-bond donors (Lipinski definition) is 2. The minimum Gasteiger partial charge on any atom is -0.423 e. The maximum absolute atomic E-state index is 9.48. The number of fused-ring (bicyclic) bond motifs is 12.